The fraction of sp³-hybridized carbons (Fsp3) is 0.214. The second kappa shape index (κ2) is 5.50. The van der Waals surface area contributed by atoms with Crippen LogP contribution in [0.1, 0.15) is 5.56 Å². The van der Waals surface area contributed by atoms with E-state index < -0.39 is 9.84 Å². The van der Waals surface area contributed by atoms with Crippen LogP contribution in [0.2, 0.25) is 0 Å². The van der Waals surface area contributed by atoms with Crippen molar-refractivity contribution in [1.29, 1.82) is 0 Å². The normalized spacial score (nSPS) is 11.5. The van der Waals surface area contributed by atoms with Crippen molar-refractivity contribution in [2.24, 2.45) is 0 Å². The monoisotopic (exact) mass is 277 g/mol. The number of ether oxygens (including phenoxy) is 1. The minimum Gasteiger partial charge on any atom is -0.380 e. The van der Waals surface area contributed by atoms with Crippen molar-refractivity contribution in [2.45, 2.75) is 11.5 Å². The highest BCUT2D eigenvalue weighted by Crippen LogP contribution is 2.20. The summed E-state index contributed by atoms with van der Waals surface area (Å²) in [4.78, 5) is 4.42. The zero-order valence-corrected chi connectivity index (χ0v) is 11.6. The van der Waals surface area contributed by atoms with Gasteiger partial charge in [0.1, 0.15) is 0 Å². The molecule has 0 bridgehead atoms. The van der Waals surface area contributed by atoms with Gasteiger partial charge < -0.3 is 4.74 Å². The Morgan fingerprint density at radius 2 is 2.00 bits per heavy atom. The molecule has 0 unspecified atom stereocenters. The molecular weight excluding hydrogens is 262 g/mol. The van der Waals surface area contributed by atoms with Crippen LogP contribution in [0.3, 0.4) is 0 Å². The highest BCUT2D eigenvalue weighted by molar-refractivity contribution is 7.90. The summed E-state index contributed by atoms with van der Waals surface area (Å²) in [6.45, 7) is 0.537. The summed E-state index contributed by atoms with van der Waals surface area (Å²) in [5, 5.41) is 0. The third kappa shape index (κ3) is 3.39. The van der Waals surface area contributed by atoms with Gasteiger partial charge in [-0.05, 0) is 23.8 Å². The molecule has 0 aliphatic carbocycles. The van der Waals surface area contributed by atoms with Crippen LogP contribution in [0.25, 0.3) is 11.3 Å². The molecular formula is C14H15NO3S. The molecule has 4 nitrogen and oxygen atoms in total. The van der Waals surface area contributed by atoms with Gasteiger partial charge in [0, 0.05) is 25.1 Å². The van der Waals surface area contributed by atoms with Crippen LogP contribution < -0.4 is 0 Å². The summed E-state index contributed by atoms with van der Waals surface area (Å²) < 4.78 is 27.8. The Morgan fingerprint density at radius 1 is 1.21 bits per heavy atom. The Morgan fingerprint density at radius 3 is 2.58 bits per heavy atom. The molecule has 0 aliphatic heterocycles. The Kier molecular flexibility index (Phi) is 3.97. The van der Waals surface area contributed by atoms with Gasteiger partial charge in [-0.3, -0.25) is 4.98 Å². The molecule has 0 spiro atoms. The van der Waals surface area contributed by atoms with Crippen LogP contribution in [0, 0.1) is 0 Å². The number of nitrogens with zero attached hydrogens (tertiary/aromatic N) is 1. The summed E-state index contributed by atoms with van der Waals surface area (Å²) in [5.41, 5.74) is 2.73. The van der Waals surface area contributed by atoms with E-state index in [0.29, 0.717) is 6.61 Å². The standard InChI is InChI=1S/C14H15NO3S/c1-18-10-11-4-3-5-12(8-11)14-7-6-13(9-15-14)19(2,16)17/h3-9H,10H2,1-2H3. The summed E-state index contributed by atoms with van der Waals surface area (Å²) in [6, 6.07) is 11.1. The molecule has 0 amide bonds. The number of hydrogen-bond acceptors (Lipinski definition) is 4. The van der Waals surface area contributed by atoms with Gasteiger partial charge in [-0.15, -0.1) is 0 Å². The molecule has 1 heterocycles. The van der Waals surface area contributed by atoms with E-state index in [2.05, 4.69) is 4.98 Å². The Labute approximate surface area is 113 Å². The largest absolute Gasteiger partial charge is 0.380 e. The highest BCUT2D eigenvalue weighted by Gasteiger charge is 2.08. The molecule has 0 saturated carbocycles. The first kappa shape index (κ1) is 13.7. The van der Waals surface area contributed by atoms with Crippen molar-refractivity contribution in [2.75, 3.05) is 13.4 Å². The van der Waals surface area contributed by atoms with Gasteiger partial charge in [0.25, 0.3) is 0 Å². The Balaban J connectivity index is 2.34. The van der Waals surface area contributed by atoms with Gasteiger partial charge in [0.05, 0.1) is 17.2 Å². The Bertz CT molecular complexity index is 663. The average Bonchev–Trinajstić information content (AvgIpc) is 2.39. The van der Waals surface area contributed by atoms with E-state index in [4.69, 9.17) is 4.74 Å². The van der Waals surface area contributed by atoms with E-state index in [1.807, 2.05) is 24.3 Å². The highest BCUT2D eigenvalue weighted by atomic mass is 32.2. The SMILES string of the molecule is COCc1cccc(-c2ccc(S(C)(=O)=O)cn2)c1. The number of aromatic nitrogens is 1. The summed E-state index contributed by atoms with van der Waals surface area (Å²) in [7, 11) is -1.56. The number of rotatable bonds is 4. The number of sulfone groups is 1. The van der Waals surface area contributed by atoms with E-state index in [0.717, 1.165) is 16.8 Å². The maximum atomic E-state index is 11.4. The van der Waals surface area contributed by atoms with E-state index in [-0.39, 0.29) is 4.90 Å². The van der Waals surface area contributed by atoms with Crippen LogP contribution in [0.4, 0.5) is 0 Å². The van der Waals surface area contributed by atoms with Gasteiger partial charge >= 0.3 is 0 Å². The van der Waals surface area contributed by atoms with Gasteiger partial charge in [0.15, 0.2) is 9.84 Å². The van der Waals surface area contributed by atoms with Crippen molar-refractivity contribution in [3.05, 3.63) is 48.2 Å². The van der Waals surface area contributed by atoms with E-state index in [9.17, 15) is 8.42 Å². The molecule has 5 heteroatoms. The summed E-state index contributed by atoms with van der Waals surface area (Å²) in [6.07, 6.45) is 2.55. The lowest BCUT2D eigenvalue weighted by atomic mass is 10.1. The molecule has 19 heavy (non-hydrogen) atoms. The number of benzene rings is 1. The van der Waals surface area contributed by atoms with Gasteiger partial charge in [-0.2, -0.15) is 0 Å². The zero-order valence-electron chi connectivity index (χ0n) is 10.8. The molecule has 0 fully saturated rings. The molecule has 1 aromatic carbocycles. The lowest BCUT2D eigenvalue weighted by Gasteiger charge is -2.05. The predicted octanol–water partition coefficient (Wildman–Crippen LogP) is 2.30. The van der Waals surface area contributed by atoms with Gasteiger partial charge in [0.2, 0.25) is 0 Å². The van der Waals surface area contributed by atoms with Crippen LogP contribution in [0.5, 0.6) is 0 Å². The molecule has 0 aliphatic rings. The number of methoxy groups -OCH3 is 1. The van der Waals surface area contributed by atoms with Crippen molar-refractivity contribution in [3.63, 3.8) is 0 Å². The molecule has 100 valence electrons. The van der Waals surface area contributed by atoms with Gasteiger partial charge in [-0.25, -0.2) is 8.42 Å². The lowest BCUT2D eigenvalue weighted by molar-refractivity contribution is 0.185. The van der Waals surface area contributed by atoms with Crippen molar-refractivity contribution >= 4 is 9.84 Å². The van der Waals surface area contributed by atoms with Crippen LogP contribution in [-0.4, -0.2) is 26.8 Å². The summed E-state index contributed by atoms with van der Waals surface area (Å²) >= 11 is 0. The first-order chi connectivity index (χ1) is 9.00. The van der Waals surface area contributed by atoms with Crippen LogP contribution >= 0.6 is 0 Å². The van der Waals surface area contributed by atoms with Crippen LogP contribution in [0.15, 0.2) is 47.5 Å². The zero-order chi connectivity index (χ0) is 13.9. The van der Waals surface area contributed by atoms with Crippen molar-refractivity contribution < 1.29 is 13.2 Å². The van der Waals surface area contributed by atoms with Crippen LogP contribution in [-0.2, 0) is 21.2 Å². The van der Waals surface area contributed by atoms with Gasteiger partial charge in [-0.1, -0.05) is 18.2 Å². The molecule has 0 N–H and O–H groups in total. The molecule has 1 aromatic heterocycles. The number of hydrogen-bond donors (Lipinski definition) is 0. The second-order valence-corrected chi connectivity index (χ2v) is 6.30. The lowest BCUT2D eigenvalue weighted by Crippen LogP contribution is -1.98. The molecule has 2 rings (SSSR count). The minimum absolute atomic E-state index is 0.226. The number of pyridine rings is 1. The molecule has 0 radical (unpaired) electrons. The maximum absolute atomic E-state index is 11.4. The van der Waals surface area contributed by atoms with Crippen molar-refractivity contribution in [1.82, 2.24) is 4.98 Å². The smallest absolute Gasteiger partial charge is 0.177 e. The maximum Gasteiger partial charge on any atom is 0.177 e. The third-order valence-corrected chi connectivity index (χ3v) is 3.80. The molecule has 0 saturated heterocycles. The average molecular weight is 277 g/mol. The second-order valence-electron chi connectivity index (χ2n) is 4.28. The van der Waals surface area contributed by atoms with E-state index in [1.54, 1.807) is 19.2 Å². The molecule has 0 atom stereocenters. The third-order valence-electron chi connectivity index (χ3n) is 2.70. The first-order valence-electron chi connectivity index (χ1n) is 5.75. The molecule has 2 aromatic rings. The quantitative estimate of drug-likeness (QED) is 0.860. The summed E-state index contributed by atoms with van der Waals surface area (Å²) in [5.74, 6) is 0. The Hall–Kier alpha value is -1.72. The fourth-order valence-corrected chi connectivity index (χ4v) is 2.32. The minimum atomic E-state index is -3.20. The fourth-order valence-electron chi connectivity index (χ4n) is 1.76. The van der Waals surface area contributed by atoms with E-state index >= 15 is 0 Å². The predicted molar refractivity (Wildman–Crippen MR) is 73.5 cm³/mol. The van der Waals surface area contributed by atoms with Crippen molar-refractivity contribution in [3.8, 4) is 11.3 Å². The first-order valence-corrected chi connectivity index (χ1v) is 7.64. The topological polar surface area (TPSA) is 56.3 Å². The van der Waals surface area contributed by atoms with E-state index in [1.165, 1.54) is 12.5 Å².